The van der Waals surface area contributed by atoms with E-state index in [0.717, 1.165) is 31.6 Å². The van der Waals surface area contributed by atoms with Gasteiger partial charge in [-0.25, -0.2) is 0 Å². The molecule has 0 unspecified atom stereocenters. The molecule has 0 aliphatic rings. The molecule has 0 aliphatic heterocycles. The quantitative estimate of drug-likeness (QED) is 0.780. The van der Waals surface area contributed by atoms with E-state index in [1.165, 1.54) is 0 Å². The summed E-state index contributed by atoms with van der Waals surface area (Å²) in [6.45, 7) is 4.00. The minimum Gasteiger partial charge on any atom is -0.361 e. The lowest BCUT2D eigenvalue weighted by molar-refractivity contribution is 0.393. The first-order chi connectivity index (χ1) is 7.78. The van der Waals surface area contributed by atoms with E-state index < -0.39 is 0 Å². The lowest BCUT2D eigenvalue weighted by Gasteiger charge is -1.89. The molecule has 2 aromatic rings. The maximum absolute atomic E-state index is 5.00. The number of rotatable bonds is 5. The van der Waals surface area contributed by atoms with Crippen LogP contribution in [0.25, 0.3) is 0 Å². The van der Waals surface area contributed by atoms with Gasteiger partial charge in [0.05, 0.1) is 5.69 Å². The van der Waals surface area contributed by atoms with E-state index >= 15 is 0 Å². The molecule has 7 heteroatoms. The number of hydrogen-bond donors (Lipinski definition) is 0. The van der Waals surface area contributed by atoms with Crippen LogP contribution in [0, 0.1) is 6.92 Å². The summed E-state index contributed by atoms with van der Waals surface area (Å²) in [6.07, 6.45) is 0. The number of aromatic nitrogens is 3. The molecular formula is C9H11N3OS3. The molecule has 0 fully saturated rings. The van der Waals surface area contributed by atoms with Gasteiger partial charge in [-0.15, -0.1) is 10.2 Å². The molecule has 4 nitrogen and oxygen atoms in total. The lowest BCUT2D eigenvalue weighted by Crippen LogP contribution is -1.78. The molecule has 0 radical (unpaired) electrons. The van der Waals surface area contributed by atoms with Crippen LogP contribution in [-0.2, 0) is 5.75 Å². The van der Waals surface area contributed by atoms with Crippen LogP contribution in [0.3, 0.4) is 0 Å². The third-order valence-corrected chi connectivity index (χ3v) is 4.78. The molecule has 0 amide bonds. The van der Waals surface area contributed by atoms with Gasteiger partial charge in [0.25, 0.3) is 0 Å². The van der Waals surface area contributed by atoms with E-state index in [0.29, 0.717) is 0 Å². The molecule has 2 heterocycles. The summed E-state index contributed by atoms with van der Waals surface area (Å²) in [7, 11) is 0. The van der Waals surface area contributed by atoms with Crippen LogP contribution < -0.4 is 0 Å². The first kappa shape index (κ1) is 11.9. The SMILES string of the molecule is CCSc1nnc(SCc2cc(C)on2)s1. The van der Waals surface area contributed by atoms with Crippen molar-refractivity contribution < 1.29 is 4.52 Å². The van der Waals surface area contributed by atoms with E-state index in [4.69, 9.17) is 4.52 Å². The Balaban J connectivity index is 1.89. The second kappa shape index (κ2) is 5.70. The second-order valence-electron chi connectivity index (χ2n) is 2.98. The van der Waals surface area contributed by atoms with E-state index in [1.807, 2.05) is 13.0 Å². The normalized spacial score (nSPS) is 10.9. The van der Waals surface area contributed by atoms with Gasteiger partial charge in [0.1, 0.15) is 5.76 Å². The summed E-state index contributed by atoms with van der Waals surface area (Å²) in [6, 6.07) is 1.94. The van der Waals surface area contributed by atoms with Crippen LogP contribution in [0.4, 0.5) is 0 Å². The van der Waals surface area contributed by atoms with Gasteiger partial charge in [-0.1, -0.05) is 46.9 Å². The molecule has 0 N–H and O–H groups in total. The Morgan fingerprint density at radius 1 is 1.31 bits per heavy atom. The number of nitrogens with zero attached hydrogens (tertiary/aromatic N) is 3. The van der Waals surface area contributed by atoms with Crippen molar-refractivity contribution in [1.29, 1.82) is 0 Å². The zero-order valence-corrected chi connectivity index (χ0v) is 11.4. The molecule has 86 valence electrons. The predicted octanol–water partition coefficient (Wildman–Crippen LogP) is 3.24. The standard InChI is InChI=1S/C9H11N3OS3/c1-3-14-8-10-11-9(16-8)15-5-7-4-6(2)13-12-7/h4H,3,5H2,1-2H3. The molecule has 0 bridgehead atoms. The van der Waals surface area contributed by atoms with E-state index in [9.17, 15) is 0 Å². The minimum atomic E-state index is 0.781. The fourth-order valence-electron chi connectivity index (χ4n) is 1.06. The van der Waals surface area contributed by atoms with Gasteiger partial charge in [-0.3, -0.25) is 0 Å². The van der Waals surface area contributed by atoms with Gasteiger partial charge in [0.15, 0.2) is 8.68 Å². The second-order valence-corrected chi connectivity index (χ2v) is 6.70. The van der Waals surface area contributed by atoms with Crippen LogP contribution in [-0.4, -0.2) is 21.1 Å². The van der Waals surface area contributed by atoms with Crippen molar-refractivity contribution in [2.75, 3.05) is 5.75 Å². The Bertz CT molecular complexity index is 454. The number of hydrogen-bond acceptors (Lipinski definition) is 7. The average molecular weight is 273 g/mol. The van der Waals surface area contributed by atoms with Crippen LogP contribution in [0.5, 0.6) is 0 Å². The van der Waals surface area contributed by atoms with Gasteiger partial charge < -0.3 is 4.52 Å². The summed E-state index contributed by atoms with van der Waals surface area (Å²) < 4.78 is 7.01. The first-order valence-corrected chi connectivity index (χ1v) is 7.58. The summed E-state index contributed by atoms with van der Waals surface area (Å²) >= 11 is 4.99. The predicted molar refractivity (Wildman–Crippen MR) is 67.1 cm³/mol. The van der Waals surface area contributed by atoms with E-state index in [1.54, 1.807) is 34.9 Å². The highest BCUT2D eigenvalue weighted by atomic mass is 32.2. The summed E-state index contributed by atoms with van der Waals surface area (Å²) in [5, 5.41) is 12.1. The number of thioether (sulfide) groups is 2. The molecule has 0 saturated carbocycles. The summed E-state index contributed by atoms with van der Waals surface area (Å²) in [4.78, 5) is 0. The maximum Gasteiger partial charge on any atom is 0.175 e. The van der Waals surface area contributed by atoms with Crippen molar-refractivity contribution in [1.82, 2.24) is 15.4 Å². The summed E-state index contributed by atoms with van der Waals surface area (Å²) in [5.41, 5.74) is 0.947. The molecule has 0 saturated heterocycles. The Kier molecular flexibility index (Phi) is 4.25. The highest BCUT2D eigenvalue weighted by Crippen LogP contribution is 2.30. The van der Waals surface area contributed by atoms with E-state index in [-0.39, 0.29) is 0 Å². The Morgan fingerprint density at radius 3 is 2.69 bits per heavy atom. The zero-order chi connectivity index (χ0) is 11.4. The van der Waals surface area contributed by atoms with Crippen molar-refractivity contribution in [3.63, 3.8) is 0 Å². The maximum atomic E-state index is 5.00. The van der Waals surface area contributed by atoms with Crippen molar-refractivity contribution >= 4 is 34.9 Å². The van der Waals surface area contributed by atoms with Crippen molar-refractivity contribution in [2.45, 2.75) is 28.3 Å². The third-order valence-electron chi connectivity index (χ3n) is 1.68. The fourth-order valence-corrected chi connectivity index (χ4v) is 3.86. The lowest BCUT2D eigenvalue weighted by atomic mass is 10.4. The average Bonchev–Trinajstić information content (AvgIpc) is 2.85. The Hall–Kier alpha value is -0.530. The van der Waals surface area contributed by atoms with Crippen LogP contribution in [0.2, 0.25) is 0 Å². The minimum absolute atomic E-state index is 0.781. The topological polar surface area (TPSA) is 51.8 Å². The first-order valence-electron chi connectivity index (χ1n) is 4.79. The van der Waals surface area contributed by atoms with Gasteiger partial charge in [-0.2, -0.15) is 0 Å². The smallest absolute Gasteiger partial charge is 0.175 e. The molecule has 2 aromatic heterocycles. The van der Waals surface area contributed by atoms with Gasteiger partial charge >= 0.3 is 0 Å². The molecule has 16 heavy (non-hydrogen) atoms. The third kappa shape index (κ3) is 3.23. The highest BCUT2D eigenvalue weighted by Gasteiger charge is 2.06. The molecule has 0 spiro atoms. The molecule has 0 aliphatic carbocycles. The molecular weight excluding hydrogens is 262 g/mol. The zero-order valence-electron chi connectivity index (χ0n) is 8.97. The van der Waals surface area contributed by atoms with Crippen LogP contribution in [0.15, 0.2) is 19.3 Å². The molecule has 2 rings (SSSR count). The number of aryl methyl sites for hydroxylation is 1. The highest BCUT2D eigenvalue weighted by molar-refractivity contribution is 8.02. The molecule has 0 aromatic carbocycles. The Morgan fingerprint density at radius 2 is 2.06 bits per heavy atom. The van der Waals surface area contributed by atoms with Crippen molar-refractivity contribution in [3.8, 4) is 0 Å². The van der Waals surface area contributed by atoms with Gasteiger partial charge in [0, 0.05) is 11.8 Å². The largest absolute Gasteiger partial charge is 0.361 e. The van der Waals surface area contributed by atoms with Crippen LogP contribution >= 0.6 is 34.9 Å². The fraction of sp³-hybridized carbons (Fsp3) is 0.444. The summed E-state index contributed by atoms with van der Waals surface area (Å²) in [5.74, 6) is 2.65. The van der Waals surface area contributed by atoms with Crippen LogP contribution in [0.1, 0.15) is 18.4 Å². The van der Waals surface area contributed by atoms with Crippen molar-refractivity contribution in [2.24, 2.45) is 0 Å². The van der Waals surface area contributed by atoms with Crippen molar-refractivity contribution in [3.05, 3.63) is 17.5 Å². The van der Waals surface area contributed by atoms with Gasteiger partial charge in [-0.05, 0) is 12.7 Å². The Labute approximate surface area is 106 Å². The monoisotopic (exact) mass is 273 g/mol. The van der Waals surface area contributed by atoms with Gasteiger partial charge in [0.2, 0.25) is 0 Å². The van der Waals surface area contributed by atoms with E-state index in [2.05, 4.69) is 22.3 Å². The molecule has 0 atom stereocenters.